The summed E-state index contributed by atoms with van der Waals surface area (Å²) in [4.78, 5) is 15.7. The van der Waals surface area contributed by atoms with Crippen molar-refractivity contribution in [3.8, 4) is 0 Å². The van der Waals surface area contributed by atoms with Gasteiger partial charge in [-0.3, -0.25) is 9.52 Å². The molecule has 4 rings (SSSR count). The molecule has 0 aromatic heterocycles. The average molecular weight is 417 g/mol. The van der Waals surface area contributed by atoms with Gasteiger partial charge in [0.15, 0.2) is 0 Å². The Bertz CT molecular complexity index is 1020. The van der Waals surface area contributed by atoms with Crippen LogP contribution in [0, 0.1) is 5.92 Å². The number of benzene rings is 2. The maximum atomic E-state index is 13.0. The molecule has 1 fully saturated rings. The number of anilines is 2. The summed E-state index contributed by atoms with van der Waals surface area (Å²) < 4.78 is 28.8. The van der Waals surface area contributed by atoms with Crippen molar-refractivity contribution < 1.29 is 13.2 Å². The molecule has 1 heterocycles. The number of thioether (sulfide) groups is 1. The molecule has 148 valence electrons. The molecular formula is C21H24N2O3S2. The monoisotopic (exact) mass is 416 g/mol. The number of hydrogen-bond donors (Lipinski definition) is 1. The number of para-hydroxylation sites is 1. The van der Waals surface area contributed by atoms with Gasteiger partial charge in [-0.15, -0.1) is 11.8 Å². The molecule has 1 aliphatic heterocycles. The zero-order chi connectivity index (χ0) is 19.9. The van der Waals surface area contributed by atoms with Crippen LogP contribution < -0.4 is 9.62 Å². The number of sulfonamides is 1. The molecule has 0 bridgehead atoms. The van der Waals surface area contributed by atoms with E-state index in [1.54, 1.807) is 34.9 Å². The van der Waals surface area contributed by atoms with Gasteiger partial charge in [0.05, 0.1) is 16.3 Å². The third-order valence-electron chi connectivity index (χ3n) is 5.13. The second-order valence-corrected chi connectivity index (χ2v) is 10.6. The number of nitrogens with zero attached hydrogens (tertiary/aromatic N) is 1. The summed E-state index contributed by atoms with van der Waals surface area (Å²) in [7, 11) is -3.74. The minimum atomic E-state index is -3.74. The Morgan fingerprint density at radius 1 is 1.21 bits per heavy atom. The number of nitrogens with one attached hydrogen (secondary N) is 1. The first-order valence-electron chi connectivity index (χ1n) is 9.62. The van der Waals surface area contributed by atoms with E-state index in [2.05, 4.69) is 11.6 Å². The standard InChI is InChI=1S/C21H24N2O3S2/c1-3-15-6-4-5-7-18(15)22-28(25,26)17-10-11-20-19(12-17)23(13-14(2)27-20)21(24)16-8-9-16/h4-7,10-12,14,16,22H,3,8-9,13H2,1-2H3/t14-/m0/s1. The van der Waals surface area contributed by atoms with E-state index in [0.717, 1.165) is 29.7 Å². The van der Waals surface area contributed by atoms with E-state index in [1.165, 1.54) is 0 Å². The third kappa shape index (κ3) is 3.78. The molecule has 1 atom stereocenters. The molecule has 7 heteroatoms. The zero-order valence-electron chi connectivity index (χ0n) is 16.0. The molecule has 0 radical (unpaired) electrons. The van der Waals surface area contributed by atoms with Gasteiger partial charge in [-0.05, 0) is 49.1 Å². The summed E-state index contributed by atoms with van der Waals surface area (Å²) in [6.07, 6.45) is 2.60. The van der Waals surface area contributed by atoms with E-state index in [4.69, 9.17) is 0 Å². The largest absolute Gasteiger partial charge is 0.310 e. The molecule has 5 nitrogen and oxygen atoms in total. The van der Waals surface area contributed by atoms with Gasteiger partial charge in [0, 0.05) is 22.6 Å². The molecule has 28 heavy (non-hydrogen) atoms. The number of hydrogen-bond acceptors (Lipinski definition) is 4. The molecule has 1 saturated carbocycles. The van der Waals surface area contributed by atoms with E-state index in [0.29, 0.717) is 17.9 Å². The number of carbonyl (C=O) groups is 1. The van der Waals surface area contributed by atoms with E-state index < -0.39 is 10.0 Å². The molecule has 2 aromatic rings. The predicted octanol–water partition coefficient (Wildman–Crippen LogP) is 4.29. The topological polar surface area (TPSA) is 66.5 Å². The first-order valence-corrected chi connectivity index (χ1v) is 12.0. The number of carbonyl (C=O) groups excluding carboxylic acids is 1. The fraction of sp³-hybridized carbons (Fsp3) is 0.381. The second-order valence-electron chi connectivity index (χ2n) is 7.40. The fourth-order valence-electron chi connectivity index (χ4n) is 3.48. The van der Waals surface area contributed by atoms with Gasteiger partial charge in [-0.1, -0.05) is 32.0 Å². The van der Waals surface area contributed by atoms with Gasteiger partial charge in [0.1, 0.15) is 0 Å². The molecule has 1 aliphatic carbocycles. The van der Waals surface area contributed by atoms with Crippen molar-refractivity contribution in [3.63, 3.8) is 0 Å². The van der Waals surface area contributed by atoms with Crippen LogP contribution in [-0.2, 0) is 21.2 Å². The van der Waals surface area contributed by atoms with E-state index in [-0.39, 0.29) is 22.0 Å². The van der Waals surface area contributed by atoms with Crippen LogP contribution in [0.4, 0.5) is 11.4 Å². The molecule has 0 unspecified atom stereocenters. The lowest BCUT2D eigenvalue weighted by atomic mass is 10.1. The summed E-state index contributed by atoms with van der Waals surface area (Å²) in [6, 6.07) is 12.5. The Morgan fingerprint density at radius 2 is 1.96 bits per heavy atom. The number of amides is 1. The molecule has 2 aliphatic rings. The first-order chi connectivity index (χ1) is 13.4. The summed E-state index contributed by atoms with van der Waals surface area (Å²) in [5, 5.41) is 0.284. The van der Waals surface area contributed by atoms with Crippen LogP contribution in [0.25, 0.3) is 0 Å². The van der Waals surface area contributed by atoms with Crippen LogP contribution in [0.2, 0.25) is 0 Å². The lowest BCUT2D eigenvalue weighted by Gasteiger charge is -2.33. The summed E-state index contributed by atoms with van der Waals surface area (Å²) >= 11 is 1.69. The molecule has 0 saturated heterocycles. The van der Waals surface area contributed by atoms with Gasteiger partial charge in [-0.2, -0.15) is 0 Å². The normalized spacial score (nSPS) is 19.2. The molecule has 2 aromatic carbocycles. The van der Waals surface area contributed by atoms with Gasteiger partial charge < -0.3 is 4.90 Å². The number of rotatable bonds is 5. The quantitative estimate of drug-likeness (QED) is 0.790. The molecule has 1 amide bonds. The Morgan fingerprint density at radius 3 is 2.68 bits per heavy atom. The van der Waals surface area contributed by atoms with Gasteiger partial charge >= 0.3 is 0 Å². The second kappa shape index (κ2) is 7.44. The van der Waals surface area contributed by atoms with Crippen LogP contribution in [0.5, 0.6) is 0 Å². The Hall–Kier alpha value is -1.99. The van der Waals surface area contributed by atoms with Crippen molar-refractivity contribution in [3.05, 3.63) is 48.0 Å². The highest BCUT2D eigenvalue weighted by atomic mass is 32.2. The van der Waals surface area contributed by atoms with Gasteiger partial charge in [0.2, 0.25) is 5.91 Å². The molecular weight excluding hydrogens is 392 g/mol. The molecule has 1 N–H and O–H groups in total. The fourth-order valence-corrected chi connectivity index (χ4v) is 5.69. The Kier molecular flexibility index (Phi) is 5.14. The maximum absolute atomic E-state index is 13.0. The minimum Gasteiger partial charge on any atom is -0.310 e. The minimum absolute atomic E-state index is 0.0953. The van der Waals surface area contributed by atoms with Gasteiger partial charge in [-0.25, -0.2) is 8.42 Å². The van der Waals surface area contributed by atoms with Crippen molar-refractivity contribution in [2.24, 2.45) is 5.92 Å². The maximum Gasteiger partial charge on any atom is 0.261 e. The van der Waals surface area contributed by atoms with Crippen LogP contribution in [0.1, 0.15) is 32.3 Å². The third-order valence-corrected chi connectivity index (χ3v) is 7.65. The van der Waals surface area contributed by atoms with Crippen molar-refractivity contribution >= 4 is 39.1 Å². The number of aryl methyl sites for hydroxylation is 1. The average Bonchev–Trinajstić information content (AvgIpc) is 3.51. The smallest absolute Gasteiger partial charge is 0.261 e. The van der Waals surface area contributed by atoms with Gasteiger partial charge in [0.25, 0.3) is 10.0 Å². The predicted molar refractivity (Wildman–Crippen MR) is 113 cm³/mol. The van der Waals surface area contributed by atoms with Crippen molar-refractivity contribution in [2.45, 2.75) is 48.2 Å². The lowest BCUT2D eigenvalue weighted by Crippen LogP contribution is -2.39. The first kappa shape index (κ1) is 19.3. The highest BCUT2D eigenvalue weighted by Gasteiger charge is 2.37. The van der Waals surface area contributed by atoms with Crippen molar-refractivity contribution in [1.82, 2.24) is 0 Å². The summed E-state index contributed by atoms with van der Waals surface area (Å²) in [5.41, 5.74) is 2.25. The molecule has 0 spiro atoms. The van der Waals surface area contributed by atoms with Crippen LogP contribution in [0.15, 0.2) is 52.3 Å². The Labute approximate surface area is 170 Å². The van der Waals surface area contributed by atoms with Crippen LogP contribution in [0.3, 0.4) is 0 Å². The van der Waals surface area contributed by atoms with Crippen molar-refractivity contribution in [2.75, 3.05) is 16.2 Å². The summed E-state index contributed by atoms with van der Waals surface area (Å²) in [5.74, 6) is 0.213. The summed E-state index contributed by atoms with van der Waals surface area (Å²) in [6.45, 7) is 4.70. The zero-order valence-corrected chi connectivity index (χ0v) is 17.6. The van der Waals surface area contributed by atoms with Crippen LogP contribution in [-0.4, -0.2) is 26.1 Å². The lowest BCUT2D eigenvalue weighted by molar-refractivity contribution is -0.119. The number of fused-ring (bicyclic) bond motifs is 1. The van der Waals surface area contributed by atoms with E-state index >= 15 is 0 Å². The van der Waals surface area contributed by atoms with E-state index in [1.807, 2.05) is 31.2 Å². The van der Waals surface area contributed by atoms with Crippen LogP contribution >= 0.6 is 11.8 Å². The highest BCUT2D eigenvalue weighted by molar-refractivity contribution is 8.00. The van der Waals surface area contributed by atoms with E-state index in [9.17, 15) is 13.2 Å². The van der Waals surface area contributed by atoms with Crippen molar-refractivity contribution in [1.29, 1.82) is 0 Å². The SMILES string of the molecule is CCc1ccccc1NS(=O)(=O)c1ccc2c(c1)N(C(=O)C1CC1)C[C@H](C)S2. The highest BCUT2D eigenvalue weighted by Crippen LogP contribution is 2.42. The Balaban J connectivity index is 1.69.